The van der Waals surface area contributed by atoms with E-state index in [9.17, 15) is 4.79 Å². The third-order valence-electron chi connectivity index (χ3n) is 2.55. The predicted molar refractivity (Wildman–Crippen MR) is 53.4 cm³/mol. The SMILES string of the molecule is Cc1cc(C=O)ccc1N1CCC1. The van der Waals surface area contributed by atoms with E-state index in [2.05, 4.69) is 11.8 Å². The molecule has 68 valence electrons. The summed E-state index contributed by atoms with van der Waals surface area (Å²) < 4.78 is 0. The van der Waals surface area contributed by atoms with Gasteiger partial charge in [0.15, 0.2) is 0 Å². The molecule has 0 saturated carbocycles. The lowest BCUT2D eigenvalue weighted by atomic mass is 10.1. The van der Waals surface area contributed by atoms with Crippen molar-refractivity contribution in [3.63, 3.8) is 0 Å². The largest absolute Gasteiger partial charge is 0.371 e. The minimum atomic E-state index is 0.766. The van der Waals surface area contributed by atoms with Gasteiger partial charge < -0.3 is 4.90 Å². The topological polar surface area (TPSA) is 20.3 Å². The molecular formula is C11H13NO. The molecule has 13 heavy (non-hydrogen) atoms. The molecule has 1 aromatic carbocycles. The van der Waals surface area contributed by atoms with E-state index < -0.39 is 0 Å². The predicted octanol–water partition coefficient (Wildman–Crippen LogP) is 2.02. The van der Waals surface area contributed by atoms with Gasteiger partial charge in [-0.15, -0.1) is 0 Å². The first-order valence-electron chi connectivity index (χ1n) is 4.62. The Morgan fingerprint density at radius 2 is 2.15 bits per heavy atom. The summed E-state index contributed by atoms with van der Waals surface area (Å²) in [6, 6.07) is 5.87. The van der Waals surface area contributed by atoms with Gasteiger partial charge in [0.25, 0.3) is 0 Å². The van der Waals surface area contributed by atoms with E-state index in [4.69, 9.17) is 0 Å². The maximum Gasteiger partial charge on any atom is 0.150 e. The molecular weight excluding hydrogens is 162 g/mol. The number of hydrogen-bond donors (Lipinski definition) is 0. The zero-order valence-electron chi connectivity index (χ0n) is 7.79. The molecule has 0 aliphatic carbocycles. The quantitative estimate of drug-likeness (QED) is 0.641. The Bertz CT molecular complexity index is 329. The van der Waals surface area contributed by atoms with Gasteiger partial charge >= 0.3 is 0 Å². The molecule has 2 heteroatoms. The lowest BCUT2D eigenvalue weighted by Gasteiger charge is -2.34. The molecule has 0 radical (unpaired) electrons. The lowest BCUT2D eigenvalue weighted by Crippen LogP contribution is -2.37. The van der Waals surface area contributed by atoms with Crippen LogP contribution < -0.4 is 4.90 Å². The minimum absolute atomic E-state index is 0.766. The fraction of sp³-hybridized carbons (Fsp3) is 0.364. The number of carbonyl (C=O) groups excluding carboxylic acids is 1. The van der Waals surface area contributed by atoms with Crippen molar-refractivity contribution in [3.05, 3.63) is 29.3 Å². The van der Waals surface area contributed by atoms with Crippen LogP contribution in [-0.2, 0) is 0 Å². The summed E-state index contributed by atoms with van der Waals surface area (Å²) in [4.78, 5) is 12.8. The van der Waals surface area contributed by atoms with Crippen molar-refractivity contribution in [2.24, 2.45) is 0 Å². The standard InChI is InChI=1S/C11H13NO/c1-9-7-10(8-13)3-4-11(9)12-5-2-6-12/h3-4,7-8H,2,5-6H2,1H3. The Balaban J connectivity index is 2.31. The molecule has 0 atom stereocenters. The Kier molecular flexibility index (Phi) is 2.05. The van der Waals surface area contributed by atoms with E-state index in [1.165, 1.54) is 17.7 Å². The Hall–Kier alpha value is -1.31. The molecule has 0 spiro atoms. The Morgan fingerprint density at radius 1 is 1.38 bits per heavy atom. The lowest BCUT2D eigenvalue weighted by molar-refractivity contribution is 0.112. The number of benzene rings is 1. The number of aldehydes is 1. The maximum atomic E-state index is 10.5. The summed E-state index contributed by atoms with van der Waals surface area (Å²) >= 11 is 0. The van der Waals surface area contributed by atoms with E-state index >= 15 is 0 Å². The van der Waals surface area contributed by atoms with Crippen LogP contribution in [0, 0.1) is 6.92 Å². The molecule has 0 unspecified atom stereocenters. The molecule has 0 bridgehead atoms. The highest BCUT2D eigenvalue weighted by Gasteiger charge is 2.15. The molecule has 0 aromatic heterocycles. The van der Waals surface area contributed by atoms with Crippen LogP contribution >= 0.6 is 0 Å². The molecule has 1 aliphatic rings. The normalized spacial score (nSPS) is 15.3. The van der Waals surface area contributed by atoms with E-state index in [-0.39, 0.29) is 0 Å². The van der Waals surface area contributed by atoms with Crippen LogP contribution in [0.4, 0.5) is 5.69 Å². The van der Waals surface area contributed by atoms with Crippen molar-refractivity contribution in [2.75, 3.05) is 18.0 Å². The molecule has 2 nitrogen and oxygen atoms in total. The summed E-state index contributed by atoms with van der Waals surface area (Å²) in [6.45, 7) is 4.36. The molecule has 1 aromatic rings. The van der Waals surface area contributed by atoms with Crippen LogP contribution in [-0.4, -0.2) is 19.4 Å². The molecule has 1 aliphatic heterocycles. The van der Waals surface area contributed by atoms with Crippen molar-refractivity contribution < 1.29 is 4.79 Å². The third kappa shape index (κ3) is 1.44. The smallest absolute Gasteiger partial charge is 0.150 e. The zero-order chi connectivity index (χ0) is 9.26. The number of nitrogens with zero attached hydrogens (tertiary/aromatic N) is 1. The molecule has 2 rings (SSSR count). The van der Waals surface area contributed by atoms with Crippen LogP contribution in [0.1, 0.15) is 22.3 Å². The van der Waals surface area contributed by atoms with Crippen LogP contribution in [0.3, 0.4) is 0 Å². The van der Waals surface area contributed by atoms with Crippen LogP contribution in [0.15, 0.2) is 18.2 Å². The second-order valence-electron chi connectivity index (χ2n) is 3.50. The number of aryl methyl sites for hydroxylation is 1. The zero-order valence-corrected chi connectivity index (χ0v) is 7.79. The average Bonchev–Trinajstić information content (AvgIpc) is 2.05. The summed E-state index contributed by atoms with van der Waals surface area (Å²) in [6.07, 6.45) is 2.18. The summed E-state index contributed by atoms with van der Waals surface area (Å²) in [5.74, 6) is 0. The number of rotatable bonds is 2. The average molecular weight is 175 g/mol. The van der Waals surface area contributed by atoms with E-state index in [0.717, 1.165) is 24.9 Å². The molecule has 0 amide bonds. The highest BCUT2D eigenvalue weighted by atomic mass is 16.1. The van der Waals surface area contributed by atoms with Crippen molar-refractivity contribution in [3.8, 4) is 0 Å². The van der Waals surface area contributed by atoms with Crippen molar-refractivity contribution in [1.82, 2.24) is 0 Å². The van der Waals surface area contributed by atoms with Gasteiger partial charge in [0, 0.05) is 24.3 Å². The van der Waals surface area contributed by atoms with E-state index in [0.29, 0.717) is 0 Å². The van der Waals surface area contributed by atoms with Gasteiger partial charge in [-0.2, -0.15) is 0 Å². The second-order valence-corrected chi connectivity index (χ2v) is 3.50. The van der Waals surface area contributed by atoms with E-state index in [1.807, 2.05) is 18.2 Å². The number of carbonyl (C=O) groups is 1. The summed E-state index contributed by atoms with van der Waals surface area (Å²) in [7, 11) is 0. The van der Waals surface area contributed by atoms with Crippen LogP contribution in [0.2, 0.25) is 0 Å². The van der Waals surface area contributed by atoms with Gasteiger partial charge in [-0.1, -0.05) is 0 Å². The number of hydrogen-bond acceptors (Lipinski definition) is 2. The maximum absolute atomic E-state index is 10.5. The first kappa shape index (κ1) is 8.30. The van der Waals surface area contributed by atoms with Crippen molar-refractivity contribution in [2.45, 2.75) is 13.3 Å². The highest BCUT2D eigenvalue weighted by Crippen LogP contribution is 2.24. The minimum Gasteiger partial charge on any atom is -0.371 e. The highest BCUT2D eigenvalue weighted by molar-refractivity contribution is 5.77. The Labute approximate surface area is 78.2 Å². The third-order valence-corrected chi connectivity index (χ3v) is 2.55. The first-order chi connectivity index (χ1) is 6.31. The van der Waals surface area contributed by atoms with E-state index in [1.54, 1.807) is 0 Å². The van der Waals surface area contributed by atoms with Crippen molar-refractivity contribution in [1.29, 1.82) is 0 Å². The summed E-state index contributed by atoms with van der Waals surface area (Å²) in [5, 5.41) is 0. The molecule has 0 N–H and O–H groups in total. The van der Waals surface area contributed by atoms with Crippen molar-refractivity contribution >= 4 is 12.0 Å². The fourth-order valence-electron chi connectivity index (χ4n) is 1.66. The molecule has 1 saturated heterocycles. The van der Waals surface area contributed by atoms with Gasteiger partial charge in [-0.3, -0.25) is 4.79 Å². The fourth-order valence-corrected chi connectivity index (χ4v) is 1.66. The second kappa shape index (κ2) is 3.21. The van der Waals surface area contributed by atoms with Gasteiger partial charge in [-0.05, 0) is 37.1 Å². The van der Waals surface area contributed by atoms with Gasteiger partial charge in [0.1, 0.15) is 6.29 Å². The van der Waals surface area contributed by atoms with Gasteiger partial charge in [0.2, 0.25) is 0 Å². The molecule has 1 heterocycles. The summed E-state index contributed by atoms with van der Waals surface area (Å²) in [5.41, 5.74) is 3.24. The Morgan fingerprint density at radius 3 is 2.62 bits per heavy atom. The van der Waals surface area contributed by atoms with Gasteiger partial charge in [-0.25, -0.2) is 0 Å². The number of anilines is 1. The monoisotopic (exact) mass is 175 g/mol. The van der Waals surface area contributed by atoms with Crippen LogP contribution in [0.5, 0.6) is 0 Å². The van der Waals surface area contributed by atoms with Crippen LogP contribution in [0.25, 0.3) is 0 Å². The first-order valence-corrected chi connectivity index (χ1v) is 4.62. The van der Waals surface area contributed by atoms with Gasteiger partial charge in [0.05, 0.1) is 0 Å². The molecule has 1 fully saturated rings.